The highest BCUT2D eigenvalue weighted by atomic mass is 35.5. The fourth-order valence-electron chi connectivity index (χ4n) is 3.02. The van der Waals surface area contributed by atoms with Crippen LogP contribution in [0.2, 0.25) is 0 Å². The van der Waals surface area contributed by atoms with Gasteiger partial charge in [-0.25, -0.2) is 28.3 Å². The van der Waals surface area contributed by atoms with Crippen LogP contribution in [0.1, 0.15) is 39.4 Å². The van der Waals surface area contributed by atoms with Gasteiger partial charge in [-0.3, -0.25) is 5.32 Å². The predicted molar refractivity (Wildman–Crippen MR) is 106 cm³/mol. The zero-order chi connectivity index (χ0) is 21.3. The van der Waals surface area contributed by atoms with E-state index >= 15 is 0 Å². The van der Waals surface area contributed by atoms with E-state index in [1.165, 1.54) is 16.0 Å². The fourth-order valence-corrected chi connectivity index (χ4v) is 3.35. The van der Waals surface area contributed by atoms with Crippen molar-refractivity contribution in [1.29, 1.82) is 0 Å². The normalized spacial score (nSPS) is 16.9. The molecule has 3 rings (SSSR count). The van der Waals surface area contributed by atoms with Gasteiger partial charge >= 0.3 is 0 Å². The molecule has 1 aromatic heterocycles. The van der Waals surface area contributed by atoms with Crippen molar-refractivity contribution in [3.63, 3.8) is 0 Å². The Hall–Kier alpha value is -2.10. The van der Waals surface area contributed by atoms with Crippen LogP contribution in [0.25, 0.3) is 5.57 Å². The maximum Gasteiger partial charge on any atom is 0.246 e. The van der Waals surface area contributed by atoms with Gasteiger partial charge in [-0.15, -0.1) is 0 Å². The number of hydrogen-bond acceptors (Lipinski definition) is 5. The molecule has 0 radical (unpaired) electrons. The highest BCUT2D eigenvalue weighted by Crippen LogP contribution is 2.41. The molecule has 6 nitrogen and oxygen atoms in total. The van der Waals surface area contributed by atoms with Crippen LogP contribution >= 0.6 is 11.6 Å². The molecule has 0 spiro atoms. The molecule has 0 aliphatic carbocycles. The molecular weight excluding hydrogens is 405 g/mol. The van der Waals surface area contributed by atoms with Gasteiger partial charge in [0.05, 0.1) is 5.56 Å². The van der Waals surface area contributed by atoms with Crippen LogP contribution < -0.4 is 15.8 Å². The topological polar surface area (TPSA) is 58.0 Å². The minimum Gasteiger partial charge on any atom is -0.291 e. The van der Waals surface area contributed by atoms with Crippen LogP contribution in [-0.4, -0.2) is 27.9 Å². The van der Waals surface area contributed by atoms with Crippen molar-refractivity contribution in [3.8, 4) is 0 Å². The summed E-state index contributed by atoms with van der Waals surface area (Å²) in [6.45, 7) is 9.08. The number of anilines is 1. The van der Waals surface area contributed by atoms with Crippen molar-refractivity contribution >= 4 is 23.1 Å². The summed E-state index contributed by atoms with van der Waals surface area (Å²) in [4.78, 5) is 4.24. The average Bonchev–Trinajstić information content (AvgIpc) is 3.08. The van der Waals surface area contributed by atoms with Crippen LogP contribution in [0.3, 0.4) is 0 Å². The summed E-state index contributed by atoms with van der Waals surface area (Å²) in [5.74, 6) is -2.18. The zero-order valence-corrected chi connectivity index (χ0v) is 17.4. The largest absolute Gasteiger partial charge is 0.291 e. The van der Waals surface area contributed by atoms with Crippen molar-refractivity contribution in [2.45, 2.75) is 33.9 Å². The Morgan fingerprint density at radius 2 is 1.69 bits per heavy atom. The van der Waals surface area contributed by atoms with Gasteiger partial charge in [-0.1, -0.05) is 39.3 Å². The molecular formula is C19H24ClF3N6. The maximum atomic E-state index is 14.7. The molecule has 0 saturated carbocycles. The maximum absolute atomic E-state index is 14.7. The average molecular weight is 429 g/mol. The third kappa shape index (κ3) is 4.41. The van der Waals surface area contributed by atoms with Gasteiger partial charge in [0, 0.05) is 24.3 Å². The lowest BCUT2D eigenvalue weighted by molar-refractivity contribution is 0.403. The van der Waals surface area contributed by atoms with Gasteiger partial charge in [0.25, 0.3) is 0 Å². The van der Waals surface area contributed by atoms with E-state index in [0.29, 0.717) is 31.2 Å². The Bertz CT molecular complexity index is 888. The standard InChI is InChI=1S/C19H24ClF3N6/c1-10(2)7-24-18-16(15-13(22)5-12(21)6-14(15)23)17(20)28(26-8-11(3)4)19-25-9-27-29(18)19/h5-6,9-11,18,24,26H,7-8H2,1-4H3. The second kappa shape index (κ2) is 8.73. The number of hydrazine groups is 1. The lowest BCUT2D eigenvalue weighted by Gasteiger charge is -2.36. The molecule has 29 heavy (non-hydrogen) atoms. The lowest BCUT2D eigenvalue weighted by atomic mass is 10.0. The molecule has 1 unspecified atom stereocenters. The Morgan fingerprint density at radius 1 is 1.07 bits per heavy atom. The van der Waals surface area contributed by atoms with E-state index in [9.17, 15) is 13.2 Å². The Kier molecular flexibility index (Phi) is 6.50. The Labute approximate surface area is 172 Å². The zero-order valence-electron chi connectivity index (χ0n) is 16.7. The quantitative estimate of drug-likeness (QED) is 0.652. The van der Waals surface area contributed by atoms with Gasteiger partial charge in [-0.2, -0.15) is 10.1 Å². The van der Waals surface area contributed by atoms with Crippen LogP contribution in [0.5, 0.6) is 0 Å². The van der Waals surface area contributed by atoms with Gasteiger partial charge in [0.2, 0.25) is 5.95 Å². The minimum atomic E-state index is -1.04. The number of hydrogen-bond donors (Lipinski definition) is 2. The first-order chi connectivity index (χ1) is 13.7. The molecule has 158 valence electrons. The predicted octanol–water partition coefficient (Wildman–Crippen LogP) is 4.03. The van der Waals surface area contributed by atoms with E-state index in [0.717, 1.165) is 0 Å². The molecule has 1 atom stereocenters. The molecule has 0 saturated heterocycles. The SMILES string of the molecule is CC(C)CNC1C(c2c(F)cc(F)cc2F)=C(Cl)N(NCC(C)C)c2ncnn21. The van der Waals surface area contributed by atoms with Crippen LogP contribution in [0.15, 0.2) is 23.6 Å². The van der Waals surface area contributed by atoms with E-state index in [1.54, 1.807) is 0 Å². The molecule has 1 aliphatic rings. The van der Waals surface area contributed by atoms with Gasteiger partial charge < -0.3 is 0 Å². The van der Waals surface area contributed by atoms with E-state index in [2.05, 4.69) is 20.8 Å². The molecule has 2 aromatic rings. The van der Waals surface area contributed by atoms with Gasteiger partial charge in [-0.05, 0) is 18.4 Å². The first-order valence-corrected chi connectivity index (χ1v) is 9.79. The van der Waals surface area contributed by atoms with Crippen LogP contribution in [0, 0.1) is 29.3 Å². The van der Waals surface area contributed by atoms with Crippen LogP contribution in [0.4, 0.5) is 19.1 Å². The van der Waals surface area contributed by atoms with E-state index < -0.39 is 29.2 Å². The number of nitrogens with zero attached hydrogens (tertiary/aromatic N) is 4. The number of halogens is 4. The second-order valence-corrected chi connectivity index (χ2v) is 8.11. The summed E-state index contributed by atoms with van der Waals surface area (Å²) < 4.78 is 44.4. The minimum absolute atomic E-state index is 0.0387. The Morgan fingerprint density at radius 3 is 2.28 bits per heavy atom. The number of fused-ring (bicyclic) bond motifs is 1. The second-order valence-electron chi connectivity index (χ2n) is 7.75. The van der Waals surface area contributed by atoms with E-state index in [1.807, 2.05) is 27.7 Å². The molecule has 0 amide bonds. The van der Waals surface area contributed by atoms with Crippen LogP contribution in [-0.2, 0) is 0 Å². The summed E-state index contributed by atoms with van der Waals surface area (Å²) in [5.41, 5.74) is 2.82. The first-order valence-electron chi connectivity index (χ1n) is 9.41. The molecule has 2 heterocycles. The summed E-state index contributed by atoms with van der Waals surface area (Å²) in [5, 5.41) is 8.95. The number of benzene rings is 1. The first kappa shape index (κ1) is 21.6. The van der Waals surface area contributed by atoms with Crippen molar-refractivity contribution in [2.24, 2.45) is 11.8 Å². The summed E-state index contributed by atoms with van der Waals surface area (Å²) in [6, 6.07) is 1.27. The van der Waals surface area contributed by atoms with Gasteiger partial charge in [0.15, 0.2) is 0 Å². The molecule has 0 fully saturated rings. The van der Waals surface area contributed by atoms with E-state index in [4.69, 9.17) is 11.6 Å². The molecule has 0 bridgehead atoms. The smallest absolute Gasteiger partial charge is 0.246 e. The number of aromatic nitrogens is 3. The van der Waals surface area contributed by atoms with Gasteiger partial charge in [0.1, 0.15) is 35.1 Å². The molecule has 2 N–H and O–H groups in total. The third-order valence-electron chi connectivity index (χ3n) is 4.34. The molecule has 10 heteroatoms. The fraction of sp³-hybridized carbons (Fsp3) is 0.474. The monoisotopic (exact) mass is 428 g/mol. The summed E-state index contributed by atoms with van der Waals surface area (Å²) in [7, 11) is 0. The van der Waals surface area contributed by atoms with Crippen molar-refractivity contribution in [1.82, 2.24) is 25.5 Å². The summed E-state index contributed by atoms with van der Waals surface area (Å²) in [6.07, 6.45) is 0.558. The van der Waals surface area contributed by atoms with Crippen molar-refractivity contribution in [2.75, 3.05) is 18.1 Å². The van der Waals surface area contributed by atoms with E-state index in [-0.39, 0.29) is 22.6 Å². The number of rotatable bonds is 7. The summed E-state index contributed by atoms with van der Waals surface area (Å²) >= 11 is 6.64. The lowest BCUT2D eigenvalue weighted by Crippen LogP contribution is -2.46. The van der Waals surface area contributed by atoms with Crippen molar-refractivity contribution in [3.05, 3.63) is 46.6 Å². The molecule has 1 aliphatic heterocycles. The van der Waals surface area contributed by atoms with Crippen molar-refractivity contribution < 1.29 is 13.2 Å². The highest BCUT2D eigenvalue weighted by Gasteiger charge is 2.37. The molecule has 1 aromatic carbocycles. The highest BCUT2D eigenvalue weighted by molar-refractivity contribution is 6.34. The third-order valence-corrected chi connectivity index (χ3v) is 4.72. The number of nitrogens with one attached hydrogen (secondary N) is 2. The Balaban J connectivity index is 2.17.